The van der Waals surface area contributed by atoms with E-state index in [0.717, 1.165) is 55.5 Å². The highest BCUT2D eigenvalue weighted by atomic mass is 35.5. The molecule has 0 aromatic carbocycles. The Morgan fingerprint density at radius 1 is 1.39 bits per heavy atom. The number of amides is 1. The lowest BCUT2D eigenvalue weighted by Crippen LogP contribution is -2.47. The summed E-state index contributed by atoms with van der Waals surface area (Å²) in [6, 6.07) is 4.33. The monoisotopic (exact) mass is 336 g/mol. The lowest BCUT2D eigenvalue weighted by Gasteiger charge is -2.34. The molecule has 1 aliphatic heterocycles. The van der Waals surface area contributed by atoms with Gasteiger partial charge in [0.25, 0.3) is 0 Å². The van der Waals surface area contributed by atoms with Crippen molar-refractivity contribution in [2.45, 2.75) is 38.6 Å². The Kier molecular flexibility index (Phi) is 6.42. The van der Waals surface area contributed by atoms with Gasteiger partial charge in [-0.25, -0.2) is 4.98 Å². The quantitative estimate of drug-likeness (QED) is 0.882. The molecular formula is C17H25ClN4O. The number of H-pyrrole nitrogens is 1. The molecule has 1 fully saturated rings. The van der Waals surface area contributed by atoms with Gasteiger partial charge < -0.3 is 15.2 Å². The number of hydrogen-bond donors (Lipinski definition) is 2. The molecule has 0 saturated carbocycles. The van der Waals surface area contributed by atoms with Gasteiger partial charge in [-0.15, -0.1) is 12.4 Å². The molecule has 1 aliphatic rings. The van der Waals surface area contributed by atoms with Crippen LogP contribution in [0.15, 0.2) is 24.5 Å². The van der Waals surface area contributed by atoms with Crippen LogP contribution >= 0.6 is 12.4 Å². The normalized spacial score (nSPS) is 15.3. The van der Waals surface area contributed by atoms with Gasteiger partial charge in [0.2, 0.25) is 5.91 Å². The summed E-state index contributed by atoms with van der Waals surface area (Å²) >= 11 is 0. The van der Waals surface area contributed by atoms with Crippen LogP contribution in [-0.2, 0) is 11.2 Å². The summed E-state index contributed by atoms with van der Waals surface area (Å²) in [4.78, 5) is 22.4. The molecule has 2 N–H and O–H groups in total. The van der Waals surface area contributed by atoms with Gasteiger partial charge in [0, 0.05) is 30.4 Å². The first-order valence-corrected chi connectivity index (χ1v) is 8.20. The highest BCUT2D eigenvalue weighted by Gasteiger charge is 2.25. The number of hydrogen-bond acceptors (Lipinski definition) is 3. The van der Waals surface area contributed by atoms with Gasteiger partial charge in [-0.3, -0.25) is 4.79 Å². The van der Waals surface area contributed by atoms with Gasteiger partial charge in [-0.2, -0.15) is 0 Å². The van der Waals surface area contributed by atoms with Crippen molar-refractivity contribution >= 4 is 29.3 Å². The topological polar surface area (TPSA) is 61.0 Å². The van der Waals surface area contributed by atoms with Gasteiger partial charge in [0.05, 0.1) is 6.42 Å². The van der Waals surface area contributed by atoms with Gasteiger partial charge in [0.1, 0.15) is 5.65 Å². The number of aromatic nitrogens is 2. The third-order valence-electron chi connectivity index (χ3n) is 4.41. The molecule has 0 bridgehead atoms. The van der Waals surface area contributed by atoms with Gasteiger partial charge in [0.15, 0.2) is 0 Å². The molecule has 0 spiro atoms. The Bertz CT molecular complexity index is 636. The third kappa shape index (κ3) is 4.03. The molecule has 5 nitrogen and oxygen atoms in total. The molecule has 0 atom stereocenters. The van der Waals surface area contributed by atoms with Crippen LogP contribution in [-0.4, -0.2) is 46.5 Å². The van der Waals surface area contributed by atoms with Crippen LogP contribution in [0.5, 0.6) is 0 Å². The van der Waals surface area contributed by atoms with Crippen LogP contribution in [0.25, 0.3) is 11.0 Å². The number of piperidine rings is 1. The van der Waals surface area contributed by atoms with Crippen molar-refractivity contribution in [1.29, 1.82) is 0 Å². The average molecular weight is 337 g/mol. The molecule has 2 aromatic rings. The summed E-state index contributed by atoms with van der Waals surface area (Å²) in [7, 11) is 0. The van der Waals surface area contributed by atoms with E-state index < -0.39 is 0 Å². The van der Waals surface area contributed by atoms with Crippen LogP contribution in [0, 0.1) is 0 Å². The number of pyridine rings is 1. The Morgan fingerprint density at radius 2 is 2.17 bits per heavy atom. The molecule has 3 rings (SSSR count). The number of nitrogens with zero attached hydrogens (tertiary/aromatic N) is 2. The van der Waals surface area contributed by atoms with Crippen LogP contribution in [0.2, 0.25) is 0 Å². The zero-order valence-electron chi connectivity index (χ0n) is 13.5. The van der Waals surface area contributed by atoms with Gasteiger partial charge in [-0.1, -0.05) is 6.92 Å². The highest BCUT2D eigenvalue weighted by molar-refractivity contribution is 5.87. The lowest BCUT2D eigenvalue weighted by atomic mass is 10.0. The Balaban J connectivity index is 0.00000192. The van der Waals surface area contributed by atoms with Crippen molar-refractivity contribution in [3.8, 4) is 0 Å². The maximum absolute atomic E-state index is 12.8. The standard InChI is InChI=1S/C17H24N4O.ClH/c1-2-10-21(14-5-8-18-9-6-14)16(22)11-13-12-20-17-15(13)4-3-7-19-17;/h3-4,7,12,14,18H,2,5-6,8-11H2,1H3,(H,19,20);1H. The first kappa shape index (κ1) is 17.8. The van der Waals surface area contributed by atoms with E-state index in [-0.39, 0.29) is 18.3 Å². The van der Waals surface area contributed by atoms with Gasteiger partial charge in [-0.05, 0) is 50.0 Å². The molecule has 0 radical (unpaired) electrons. The molecule has 6 heteroatoms. The molecule has 23 heavy (non-hydrogen) atoms. The van der Waals surface area contributed by atoms with Crippen molar-refractivity contribution in [3.63, 3.8) is 0 Å². The third-order valence-corrected chi connectivity index (χ3v) is 4.41. The van der Waals surface area contributed by atoms with Crippen LogP contribution < -0.4 is 5.32 Å². The van der Waals surface area contributed by atoms with E-state index in [1.54, 1.807) is 6.20 Å². The van der Waals surface area contributed by atoms with Crippen molar-refractivity contribution in [2.24, 2.45) is 0 Å². The smallest absolute Gasteiger partial charge is 0.227 e. The Hall–Kier alpha value is -1.59. The predicted molar refractivity (Wildman–Crippen MR) is 94.9 cm³/mol. The molecule has 1 amide bonds. The maximum Gasteiger partial charge on any atom is 0.227 e. The fourth-order valence-electron chi connectivity index (χ4n) is 3.29. The second-order valence-electron chi connectivity index (χ2n) is 5.96. The number of rotatable bonds is 5. The summed E-state index contributed by atoms with van der Waals surface area (Å²) in [6.45, 7) is 5.01. The van der Waals surface area contributed by atoms with Crippen molar-refractivity contribution < 1.29 is 4.79 Å². The number of carbonyl (C=O) groups is 1. The average Bonchev–Trinajstić information content (AvgIpc) is 2.96. The fraction of sp³-hybridized carbons (Fsp3) is 0.529. The minimum atomic E-state index is 0. The highest BCUT2D eigenvalue weighted by Crippen LogP contribution is 2.19. The molecular weight excluding hydrogens is 312 g/mol. The summed E-state index contributed by atoms with van der Waals surface area (Å²) < 4.78 is 0. The van der Waals surface area contributed by atoms with Gasteiger partial charge >= 0.3 is 0 Å². The first-order valence-electron chi connectivity index (χ1n) is 8.20. The largest absolute Gasteiger partial charge is 0.346 e. The summed E-state index contributed by atoms with van der Waals surface area (Å²) in [6.07, 6.45) is 7.26. The minimum absolute atomic E-state index is 0. The maximum atomic E-state index is 12.8. The van der Waals surface area contributed by atoms with E-state index in [9.17, 15) is 4.79 Å². The zero-order chi connectivity index (χ0) is 15.4. The Morgan fingerprint density at radius 3 is 2.91 bits per heavy atom. The van der Waals surface area contributed by atoms with Crippen molar-refractivity contribution in [3.05, 3.63) is 30.1 Å². The predicted octanol–water partition coefficient (Wildman–Crippen LogP) is 2.52. The molecule has 126 valence electrons. The van der Waals surface area contributed by atoms with Crippen LogP contribution in [0.3, 0.4) is 0 Å². The molecule has 0 unspecified atom stereocenters. The number of halogens is 1. The second kappa shape index (κ2) is 8.31. The van der Waals surface area contributed by atoms with E-state index in [4.69, 9.17) is 0 Å². The lowest BCUT2D eigenvalue weighted by molar-refractivity contribution is -0.133. The number of nitrogens with one attached hydrogen (secondary N) is 2. The van der Waals surface area contributed by atoms with Crippen LogP contribution in [0.1, 0.15) is 31.7 Å². The molecule has 1 saturated heterocycles. The van der Waals surface area contributed by atoms with Crippen LogP contribution in [0.4, 0.5) is 0 Å². The fourth-order valence-corrected chi connectivity index (χ4v) is 3.29. The molecule has 2 aromatic heterocycles. The number of carbonyl (C=O) groups excluding carboxylic acids is 1. The first-order chi connectivity index (χ1) is 10.8. The van der Waals surface area contributed by atoms with E-state index in [0.29, 0.717) is 12.5 Å². The Labute approximate surface area is 143 Å². The molecule has 3 heterocycles. The van der Waals surface area contributed by atoms with E-state index in [1.165, 1.54) is 0 Å². The summed E-state index contributed by atoms with van der Waals surface area (Å²) in [5, 5.41) is 4.42. The van der Waals surface area contributed by atoms with Crippen molar-refractivity contribution in [2.75, 3.05) is 19.6 Å². The van der Waals surface area contributed by atoms with E-state index in [1.807, 2.05) is 18.3 Å². The minimum Gasteiger partial charge on any atom is -0.346 e. The summed E-state index contributed by atoms with van der Waals surface area (Å²) in [5.41, 5.74) is 1.90. The SMILES string of the molecule is CCCN(C(=O)Cc1c[nH]c2ncccc12)C1CCNCC1.Cl. The number of fused-ring (bicyclic) bond motifs is 1. The summed E-state index contributed by atoms with van der Waals surface area (Å²) in [5.74, 6) is 0.235. The second-order valence-corrected chi connectivity index (χ2v) is 5.96. The zero-order valence-corrected chi connectivity index (χ0v) is 14.4. The number of aromatic amines is 1. The molecule has 0 aliphatic carbocycles. The van der Waals surface area contributed by atoms with Crippen molar-refractivity contribution in [1.82, 2.24) is 20.2 Å². The van der Waals surface area contributed by atoms with E-state index in [2.05, 4.69) is 27.1 Å². The van der Waals surface area contributed by atoms with E-state index >= 15 is 0 Å².